The number of nitrogens with one attached hydrogen (secondary N) is 1. The SMILES string of the molecule is Cn1cc([N+](=O)[O-])cc1C(=O)NCCC(=O)O. The van der Waals surface area contributed by atoms with E-state index in [4.69, 9.17) is 5.11 Å². The van der Waals surface area contributed by atoms with Crippen LogP contribution in [0.15, 0.2) is 12.3 Å². The van der Waals surface area contributed by atoms with Crippen LogP contribution >= 0.6 is 0 Å². The topological polar surface area (TPSA) is 114 Å². The zero-order valence-electron chi connectivity index (χ0n) is 9.04. The van der Waals surface area contributed by atoms with Crippen molar-refractivity contribution in [2.75, 3.05) is 6.54 Å². The third-order valence-electron chi connectivity index (χ3n) is 2.06. The van der Waals surface area contributed by atoms with Crippen molar-refractivity contribution in [3.05, 3.63) is 28.1 Å². The molecule has 0 saturated carbocycles. The summed E-state index contributed by atoms with van der Waals surface area (Å²) in [5, 5.41) is 21.2. The highest BCUT2D eigenvalue weighted by Crippen LogP contribution is 2.14. The van der Waals surface area contributed by atoms with Gasteiger partial charge in [0.1, 0.15) is 5.69 Å². The average molecular weight is 241 g/mol. The summed E-state index contributed by atoms with van der Waals surface area (Å²) in [5.41, 5.74) is -0.0713. The van der Waals surface area contributed by atoms with Crippen molar-refractivity contribution in [2.24, 2.45) is 7.05 Å². The molecule has 92 valence electrons. The molecule has 2 N–H and O–H groups in total. The Morgan fingerprint density at radius 3 is 2.71 bits per heavy atom. The van der Waals surface area contributed by atoms with E-state index in [0.717, 1.165) is 6.07 Å². The van der Waals surface area contributed by atoms with Gasteiger partial charge in [-0.15, -0.1) is 0 Å². The van der Waals surface area contributed by atoms with E-state index in [0.29, 0.717) is 0 Å². The normalized spacial score (nSPS) is 9.94. The Kier molecular flexibility index (Phi) is 3.81. The molecule has 0 atom stereocenters. The van der Waals surface area contributed by atoms with Gasteiger partial charge in [-0.2, -0.15) is 0 Å². The molecule has 0 fully saturated rings. The lowest BCUT2D eigenvalue weighted by molar-refractivity contribution is -0.384. The number of carboxylic acid groups (broad SMARTS) is 1. The first-order valence-electron chi connectivity index (χ1n) is 4.72. The van der Waals surface area contributed by atoms with Gasteiger partial charge in [0.25, 0.3) is 11.6 Å². The third-order valence-corrected chi connectivity index (χ3v) is 2.06. The molecular formula is C9H11N3O5. The quantitative estimate of drug-likeness (QED) is 0.562. The van der Waals surface area contributed by atoms with Crippen molar-refractivity contribution in [3.8, 4) is 0 Å². The Balaban J connectivity index is 2.69. The zero-order valence-corrected chi connectivity index (χ0v) is 9.04. The fraction of sp³-hybridized carbons (Fsp3) is 0.333. The second-order valence-electron chi connectivity index (χ2n) is 3.35. The number of aromatic nitrogens is 1. The fourth-order valence-corrected chi connectivity index (χ4v) is 1.25. The molecule has 1 aromatic rings. The van der Waals surface area contributed by atoms with Crippen LogP contribution in [0.4, 0.5) is 5.69 Å². The molecule has 1 rings (SSSR count). The number of carboxylic acids is 1. The molecule has 0 spiro atoms. The van der Waals surface area contributed by atoms with Gasteiger partial charge in [0.05, 0.1) is 17.5 Å². The van der Waals surface area contributed by atoms with Gasteiger partial charge < -0.3 is 15.0 Å². The predicted octanol–water partition coefficient (Wildman–Crippen LogP) is 0.138. The first-order chi connectivity index (χ1) is 7.91. The van der Waals surface area contributed by atoms with Gasteiger partial charge in [-0.3, -0.25) is 19.7 Å². The molecule has 0 aromatic carbocycles. The lowest BCUT2D eigenvalue weighted by Gasteiger charge is -2.03. The van der Waals surface area contributed by atoms with Gasteiger partial charge >= 0.3 is 5.97 Å². The van der Waals surface area contributed by atoms with Crippen LogP contribution in [0.1, 0.15) is 16.9 Å². The van der Waals surface area contributed by atoms with E-state index in [1.807, 2.05) is 0 Å². The molecule has 0 unspecified atom stereocenters. The van der Waals surface area contributed by atoms with Crippen molar-refractivity contribution in [2.45, 2.75) is 6.42 Å². The van der Waals surface area contributed by atoms with Crippen molar-refractivity contribution in [1.82, 2.24) is 9.88 Å². The molecule has 0 saturated heterocycles. The monoisotopic (exact) mass is 241 g/mol. The number of nitro groups is 1. The summed E-state index contributed by atoms with van der Waals surface area (Å²) < 4.78 is 1.31. The zero-order chi connectivity index (χ0) is 13.0. The van der Waals surface area contributed by atoms with E-state index >= 15 is 0 Å². The molecular weight excluding hydrogens is 230 g/mol. The largest absolute Gasteiger partial charge is 0.481 e. The molecule has 17 heavy (non-hydrogen) atoms. The van der Waals surface area contributed by atoms with Crippen LogP contribution < -0.4 is 5.32 Å². The second kappa shape index (κ2) is 5.10. The number of carbonyl (C=O) groups excluding carboxylic acids is 1. The molecule has 0 bridgehead atoms. The molecule has 1 heterocycles. The van der Waals surface area contributed by atoms with Crippen molar-refractivity contribution < 1.29 is 19.6 Å². The highest BCUT2D eigenvalue weighted by Gasteiger charge is 2.17. The Morgan fingerprint density at radius 2 is 2.24 bits per heavy atom. The van der Waals surface area contributed by atoms with Crippen LogP contribution in [0, 0.1) is 10.1 Å². The lowest BCUT2D eigenvalue weighted by Crippen LogP contribution is -2.27. The number of hydrogen-bond acceptors (Lipinski definition) is 4. The molecule has 0 aliphatic heterocycles. The van der Waals surface area contributed by atoms with Gasteiger partial charge in [0.15, 0.2) is 0 Å². The van der Waals surface area contributed by atoms with Crippen molar-refractivity contribution in [1.29, 1.82) is 0 Å². The Labute approximate surface area is 96.0 Å². The Hall–Kier alpha value is -2.38. The van der Waals surface area contributed by atoms with E-state index in [1.165, 1.54) is 17.8 Å². The first-order valence-corrected chi connectivity index (χ1v) is 4.72. The van der Waals surface area contributed by atoms with Crippen LogP contribution in [0.2, 0.25) is 0 Å². The van der Waals surface area contributed by atoms with Gasteiger partial charge in [-0.05, 0) is 0 Å². The number of carbonyl (C=O) groups is 2. The summed E-state index contributed by atoms with van der Waals surface area (Å²) in [4.78, 5) is 31.6. The minimum Gasteiger partial charge on any atom is -0.481 e. The van der Waals surface area contributed by atoms with E-state index in [9.17, 15) is 19.7 Å². The van der Waals surface area contributed by atoms with E-state index in [-0.39, 0.29) is 24.3 Å². The Bertz CT molecular complexity index is 465. The average Bonchev–Trinajstić information content (AvgIpc) is 2.59. The summed E-state index contributed by atoms with van der Waals surface area (Å²) in [6, 6.07) is 1.14. The van der Waals surface area contributed by atoms with E-state index in [1.54, 1.807) is 0 Å². The van der Waals surface area contributed by atoms with Gasteiger partial charge in [-0.25, -0.2) is 0 Å². The van der Waals surface area contributed by atoms with Gasteiger partial charge in [-0.1, -0.05) is 0 Å². The van der Waals surface area contributed by atoms with Crippen LogP contribution in [0.5, 0.6) is 0 Å². The summed E-state index contributed by atoms with van der Waals surface area (Å²) in [7, 11) is 1.50. The second-order valence-corrected chi connectivity index (χ2v) is 3.35. The highest BCUT2D eigenvalue weighted by molar-refractivity contribution is 5.93. The molecule has 0 radical (unpaired) electrons. The maximum atomic E-state index is 11.5. The standard InChI is InChI=1S/C9H11N3O5/c1-11-5-6(12(16)17)4-7(11)9(15)10-3-2-8(13)14/h4-5H,2-3H2,1H3,(H,10,15)(H,13,14). The first kappa shape index (κ1) is 12.7. The summed E-state index contributed by atoms with van der Waals surface area (Å²) >= 11 is 0. The van der Waals surface area contributed by atoms with Crippen LogP contribution in [0.3, 0.4) is 0 Å². The molecule has 1 amide bonds. The third kappa shape index (κ3) is 3.30. The maximum Gasteiger partial charge on any atom is 0.305 e. The molecule has 1 aromatic heterocycles. The van der Waals surface area contributed by atoms with E-state index in [2.05, 4.69) is 5.32 Å². The number of amides is 1. The summed E-state index contributed by atoms with van der Waals surface area (Å²) in [5.74, 6) is -1.56. The number of aliphatic carboxylic acids is 1. The van der Waals surface area contributed by atoms with Crippen molar-refractivity contribution >= 4 is 17.6 Å². The highest BCUT2D eigenvalue weighted by atomic mass is 16.6. The number of hydrogen-bond donors (Lipinski definition) is 2. The molecule has 8 nitrogen and oxygen atoms in total. The molecule has 8 heteroatoms. The predicted molar refractivity (Wildman–Crippen MR) is 56.7 cm³/mol. The summed E-state index contributed by atoms with van der Waals surface area (Å²) in [6.07, 6.45) is 1.02. The maximum absolute atomic E-state index is 11.5. The number of rotatable bonds is 5. The van der Waals surface area contributed by atoms with Gasteiger partial charge in [0, 0.05) is 19.7 Å². The minimum absolute atomic E-state index is 0.0207. The van der Waals surface area contributed by atoms with Gasteiger partial charge in [0.2, 0.25) is 0 Å². The van der Waals surface area contributed by atoms with Crippen LogP contribution in [0.25, 0.3) is 0 Å². The minimum atomic E-state index is -1.02. The lowest BCUT2D eigenvalue weighted by atomic mass is 10.3. The fourth-order valence-electron chi connectivity index (χ4n) is 1.25. The van der Waals surface area contributed by atoms with Crippen LogP contribution in [-0.2, 0) is 11.8 Å². The molecule has 0 aliphatic carbocycles. The number of aryl methyl sites for hydroxylation is 1. The van der Waals surface area contributed by atoms with Crippen molar-refractivity contribution in [3.63, 3.8) is 0 Å². The number of nitrogens with zero attached hydrogens (tertiary/aromatic N) is 2. The van der Waals surface area contributed by atoms with E-state index < -0.39 is 16.8 Å². The van der Waals surface area contributed by atoms with Crippen LogP contribution in [-0.4, -0.2) is 33.0 Å². The summed E-state index contributed by atoms with van der Waals surface area (Å²) in [6.45, 7) is -0.0207. The Morgan fingerprint density at radius 1 is 1.59 bits per heavy atom. The smallest absolute Gasteiger partial charge is 0.305 e. The molecule has 0 aliphatic rings.